The van der Waals surface area contributed by atoms with Crippen LogP contribution in [0.15, 0.2) is 29.4 Å². The van der Waals surface area contributed by atoms with E-state index in [2.05, 4.69) is 10.4 Å². The van der Waals surface area contributed by atoms with Gasteiger partial charge in [0, 0.05) is 19.3 Å². The number of hydrogen-bond acceptors (Lipinski definition) is 5. The molecule has 0 bridgehead atoms. The minimum atomic E-state index is -0.746. The molecule has 7 heteroatoms. The van der Waals surface area contributed by atoms with Crippen molar-refractivity contribution in [1.29, 1.82) is 0 Å². The highest BCUT2D eigenvalue weighted by molar-refractivity contribution is 6.07. The van der Waals surface area contributed by atoms with Gasteiger partial charge in [0.15, 0.2) is 0 Å². The number of carbonyl (C=O) groups is 2. The molecule has 134 valence electrons. The van der Waals surface area contributed by atoms with Gasteiger partial charge in [-0.05, 0) is 30.5 Å². The Kier molecular flexibility index (Phi) is 5.03. The Bertz CT molecular complexity index is 665. The summed E-state index contributed by atoms with van der Waals surface area (Å²) in [6, 6.07) is 7.10. The monoisotopic (exact) mass is 344 g/mol. The maximum atomic E-state index is 12.6. The molecule has 1 aromatic rings. The number of nitrogens with one attached hydrogen (secondary N) is 1. The third-order valence-electron chi connectivity index (χ3n) is 4.94. The fraction of sp³-hybridized carbons (Fsp3) is 0.500. The summed E-state index contributed by atoms with van der Waals surface area (Å²) in [5, 5.41) is 16.9. The van der Waals surface area contributed by atoms with E-state index in [1.165, 1.54) is 6.21 Å². The molecule has 0 aromatic heterocycles. The molecule has 0 unspecified atom stereocenters. The van der Waals surface area contributed by atoms with Crippen LogP contribution in [0.25, 0.3) is 0 Å². The van der Waals surface area contributed by atoms with E-state index in [-0.39, 0.29) is 12.5 Å². The summed E-state index contributed by atoms with van der Waals surface area (Å²) in [5.41, 5.74) is 1.03. The predicted molar refractivity (Wildman–Crippen MR) is 95.6 cm³/mol. The van der Waals surface area contributed by atoms with Crippen molar-refractivity contribution >= 4 is 23.8 Å². The lowest BCUT2D eigenvalue weighted by Crippen LogP contribution is -2.48. The van der Waals surface area contributed by atoms with Crippen molar-refractivity contribution in [3.8, 4) is 0 Å². The van der Waals surface area contributed by atoms with Crippen molar-refractivity contribution in [3.05, 3.63) is 29.8 Å². The number of benzene rings is 1. The summed E-state index contributed by atoms with van der Waals surface area (Å²) < 4.78 is 0. The van der Waals surface area contributed by atoms with Crippen molar-refractivity contribution in [2.75, 3.05) is 25.1 Å². The summed E-state index contributed by atoms with van der Waals surface area (Å²) in [6.45, 7) is 0.644. The molecule has 1 aliphatic carbocycles. The molecule has 2 N–H and O–H groups in total. The number of likely N-dealkylation sites (N-methyl/N-ethyl adjacent to an activating group) is 1. The molecule has 1 aromatic carbocycles. The molecular formula is C18H24N4O3. The van der Waals surface area contributed by atoms with Gasteiger partial charge in [-0.25, -0.2) is 4.79 Å². The molecular weight excluding hydrogens is 320 g/mol. The second-order valence-corrected chi connectivity index (χ2v) is 6.67. The highest BCUT2D eigenvalue weighted by Crippen LogP contribution is 2.33. The molecule has 1 saturated heterocycles. The second-order valence-electron chi connectivity index (χ2n) is 6.67. The first-order valence-corrected chi connectivity index (χ1v) is 8.68. The quantitative estimate of drug-likeness (QED) is 0.629. The van der Waals surface area contributed by atoms with Gasteiger partial charge in [-0.1, -0.05) is 31.4 Å². The molecule has 7 nitrogen and oxygen atoms in total. The normalized spacial score (nSPS) is 19.7. The number of nitrogens with zero attached hydrogens (tertiary/aromatic N) is 3. The first kappa shape index (κ1) is 17.4. The number of amides is 3. The van der Waals surface area contributed by atoms with Gasteiger partial charge in [-0.2, -0.15) is 5.10 Å². The SMILES string of the molecule is CN(CCO)c1ccc(/C=N\N2C(=O)NC3(CCCCC3)C2=O)cc1. The fourth-order valence-electron chi connectivity index (χ4n) is 3.42. The number of imide groups is 1. The molecule has 0 radical (unpaired) electrons. The van der Waals surface area contributed by atoms with Gasteiger partial charge in [0.2, 0.25) is 0 Å². The zero-order chi connectivity index (χ0) is 17.9. The Labute approximate surface area is 147 Å². The minimum absolute atomic E-state index is 0.0909. The van der Waals surface area contributed by atoms with Crippen molar-refractivity contribution < 1.29 is 14.7 Å². The summed E-state index contributed by atoms with van der Waals surface area (Å²) >= 11 is 0. The molecule has 3 amide bonds. The summed E-state index contributed by atoms with van der Waals surface area (Å²) in [5.74, 6) is -0.243. The lowest BCUT2D eigenvalue weighted by molar-refractivity contribution is -0.132. The van der Waals surface area contributed by atoms with Crippen LogP contribution in [-0.2, 0) is 4.79 Å². The van der Waals surface area contributed by atoms with Gasteiger partial charge in [0.05, 0.1) is 12.8 Å². The zero-order valence-corrected chi connectivity index (χ0v) is 14.4. The van der Waals surface area contributed by atoms with Gasteiger partial charge in [0.25, 0.3) is 5.91 Å². The van der Waals surface area contributed by atoms with E-state index in [1.54, 1.807) is 0 Å². The summed E-state index contributed by atoms with van der Waals surface area (Å²) in [6.07, 6.45) is 5.91. The third kappa shape index (κ3) is 3.51. The standard InChI is InChI=1S/C18H24N4O3/c1-21(11-12-23)15-7-5-14(6-8-15)13-19-22-16(24)18(20-17(22)25)9-3-2-4-10-18/h5-8,13,23H,2-4,9-12H2,1H3,(H,20,25)/b19-13-. The maximum Gasteiger partial charge on any atom is 0.346 e. The van der Waals surface area contributed by atoms with Crippen LogP contribution in [-0.4, -0.2) is 54.0 Å². The second kappa shape index (κ2) is 7.23. The minimum Gasteiger partial charge on any atom is -0.395 e. The number of anilines is 1. The van der Waals surface area contributed by atoms with E-state index >= 15 is 0 Å². The largest absolute Gasteiger partial charge is 0.395 e. The van der Waals surface area contributed by atoms with Crippen LogP contribution < -0.4 is 10.2 Å². The van der Waals surface area contributed by atoms with Crippen molar-refractivity contribution in [2.24, 2.45) is 5.10 Å². The van der Waals surface area contributed by atoms with Crippen LogP contribution in [0.3, 0.4) is 0 Å². The van der Waals surface area contributed by atoms with Gasteiger partial charge in [-0.3, -0.25) is 4.79 Å². The number of urea groups is 1. The summed E-state index contributed by atoms with van der Waals surface area (Å²) in [4.78, 5) is 26.7. The van der Waals surface area contributed by atoms with Gasteiger partial charge in [-0.15, -0.1) is 5.01 Å². The molecule has 25 heavy (non-hydrogen) atoms. The average Bonchev–Trinajstić information content (AvgIpc) is 2.84. The zero-order valence-electron chi connectivity index (χ0n) is 14.4. The Morgan fingerprint density at radius 3 is 2.56 bits per heavy atom. The van der Waals surface area contributed by atoms with E-state index < -0.39 is 11.6 Å². The molecule has 1 aliphatic heterocycles. The number of carbonyl (C=O) groups excluding carboxylic acids is 2. The molecule has 0 atom stereocenters. The molecule has 2 fully saturated rings. The van der Waals surface area contributed by atoms with Crippen molar-refractivity contribution in [2.45, 2.75) is 37.6 Å². The third-order valence-corrected chi connectivity index (χ3v) is 4.94. The van der Waals surface area contributed by atoms with Crippen molar-refractivity contribution in [1.82, 2.24) is 10.3 Å². The Hall–Kier alpha value is -2.41. The molecule has 1 saturated carbocycles. The van der Waals surface area contributed by atoms with Gasteiger partial charge in [0.1, 0.15) is 5.54 Å². The number of rotatable bonds is 5. The van der Waals surface area contributed by atoms with Crippen LogP contribution in [0.2, 0.25) is 0 Å². The first-order chi connectivity index (χ1) is 12.1. The number of hydrogen-bond donors (Lipinski definition) is 2. The first-order valence-electron chi connectivity index (χ1n) is 8.68. The van der Waals surface area contributed by atoms with E-state index in [1.807, 2.05) is 36.2 Å². The highest BCUT2D eigenvalue weighted by atomic mass is 16.3. The Morgan fingerprint density at radius 2 is 1.92 bits per heavy atom. The maximum absolute atomic E-state index is 12.6. The van der Waals surface area contributed by atoms with Crippen LogP contribution >= 0.6 is 0 Å². The van der Waals surface area contributed by atoms with Crippen LogP contribution in [0.1, 0.15) is 37.7 Å². The van der Waals surface area contributed by atoms with Crippen LogP contribution in [0, 0.1) is 0 Å². The van der Waals surface area contributed by atoms with Crippen LogP contribution in [0.4, 0.5) is 10.5 Å². The van der Waals surface area contributed by atoms with E-state index in [9.17, 15) is 9.59 Å². The fourth-order valence-corrected chi connectivity index (χ4v) is 3.42. The molecule has 1 heterocycles. The molecule has 3 rings (SSSR count). The highest BCUT2D eigenvalue weighted by Gasteiger charge is 2.51. The van der Waals surface area contributed by atoms with Gasteiger partial charge < -0.3 is 15.3 Å². The molecule has 1 spiro atoms. The number of aliphatic hydroxyl groups is 1. The van der Waals surface area contributed by atoms with E-state index in [4.69, 9.17) is 5.11 Å². The summed E-state index contributed by atoms with van der Waals surface area (Å²) in [7, 11) is 1.90. The number of hydrazone groups is 1. The lowest BCUT2D eigenvalue weighted by Gasteiger charge is -2.29. The van der Waals surface area contributed by atoms with Crippen molar-refractivity contribution in [3.63, 3.8) is 0 Å². The van der Waals surface area contributed by atoms with Gasteiger partial charge >= 0.3 is 6.03 Å². The number of aliphatic hydroxyl groups excluding tert-OH is 1. The smallest absolute Gasteiger partial charge is 0.346 e. The predicted octanol–water partition coefficient (Wildman–Crippen LogP) is 1.70. The lowest BCUT2D eigenvalue weighted by atomic mass is 9.82. The molecule has 2 aliphatic rings. The van der Waals surface area contributed by atoms with Crippen LogP contribution in [0.5, 0.6) is 0 Å². The Balaban J connectivity index is 1.69. The van der Waals surface area contributed by atoms with E-state index in [0.717, 1.165) is 35.5 Å². The average molecular weight is 344 g/mol. The Morgan fingerprint density at radius 1 is 1.24 bits per heavy atom. The van der Waals surface area contributed by atoms with E-state index in [0.29, 0.717) is 19.4 Å². The topological polar surface area (TPSA) is 85.2 Å².